The van der Waals surface area contributed by atoms with Gasteiger partial charge < -0.3 is 29.7 Å². The lowest BCUT2D eigenvalue weighted by atomic mass is 11.3. The average Bonchev–Trinajstić information content (AvgIpc) is 2.41. The minimum absolute atomic E-state index is 1.51. The largest absolute Gasteiger partial charge is 0.669 e. The van der Waals surface area contributed by atoms with Crippen molar-refractivity contribution in [2.75, 3.05) is 21.3 Å². The van der Waals surface area contributed by atoms with Gasteiger partial charge in [-0.1, -0.05) is 5.70 Å². The zero-order valence-electron chi connectivity index (χ0n) is 17.6. The van der Waals surface area contributed by atoms with Crippen LogP contribution in [0.2, 0.25) is 52.4 Å². The molecule has 0 aliphatic carbocycles. The highest BCUT2D eigenvalue weighted by Gasteiger charge is 2.51. The zero-order chi connectivity index (χ0) is 20.2. The van der Waals surface area contributed by atoms with Crippen molar-refractivity contribution in [3.05, 3.63) is 12.3 Å². The first-order valence-corrected chi connectivity index (χ1v) is 21.2. The molecule has 0 bridgehead atoms. The van der Waals surface area contributed by atoms with Crippen molar-refractivity contribution in [2.24, 2.45) is 0 Å². The van der Waals surface area contributed by atoms with Gasteiger partial charge in [-0.05, 0) is 52.4 Å². The Morgan fingerprint density at radius 3 is 1.20 bits per heavy atom. The lowest BCUT2D eigenvalue weighted by molar-refractivity contribution is 0.0404. The summed E-state index contributed by atoms with van der Waals surface area (Å²) in [5, 5.41) is 0. The van der Waals surface area contributed by atoms with E-state index in [4.69, 9.17) is 29.7 Å². The Balaban J connectivity index is 5.12. The maximum atomic E-state index is 6.38. The van der Waals surface area contributed by atoms with Gasteiger partial charge in [-0.3, -0.25) is 0 Å². The van der Waals surface area contributed by atoms with Crippen LogP contribution in [0.4, 0.5) is 0 Å². The Morgan fingerprint density at radius 1 is 0.560 bits per heavy atom. The van der Waals surface area contributed by atoms with Gasteiger partial charge in [-0.2, -0.15) is 0 Å². The molecule has 25 heavy (non-hydrogen) atoms. The molecule has 0 amide bonds. The smallest absolute Gasteiger partial charge is 0.433 e. The highest BCUT2D eigenvalue weighted by molar-refractivity contribution is 6.90. The summed E-state index contributed by atoms with van der Waals surface area (Å²) in [6.45, 7) is 20.0. The minimum Gasteiger partial charge on any atom is -0.433 e. The van der Waals surface area contributed by atoms with E-state index in [1.54, 1.807) is 0 Å². The second kappa shape index (κ2) is 9.16. The van der Waals surface area contributed by atoms with Crippen LogP contribution in [0.25, 0.3) is 0 Å². The van der Waals surface area contributed by atoms with Crippen LogP contribution in [-0.2, 0) is 29.7 Å². The Kier molecular flexibility index (Phi) is 9.36. The highest BCUT2D eigenvalue weighted by atomic mass is 28.5. The first-order valence-electron chi connectivity index (χ1n) is 8.17. The quantitative estimate of drug-likeness (QED) is 0.427. The molecule has 0 aliphatic rings. The van der Waals surface area contributed by atoms with Crippen LogP contribution in [0.15, 0.2) is 12.3 Å². The van der Waals surface area contributed by atoms with Gasteiger partial charge in [0.15, 0.2) is 8.32 Å². The van der Waals surface area contributed by atoms with E-state index >= 15 is 0 Å². The zero-order valence-corrected chi connectivity index (χ0v) is 22.6. The van der Waals surface area contributed by atoms with Gasteiger partial charge in [-0.25, -0.2) is 0 Å². The number of hydrogen-bond donors (Lipinski definition) is 0. The summed E-state index contributed by atoms with van der Waals surface area (Å²) in [5.41, 5.74) is 1.91. The molecular weight excluding hydrogens is 409 g/mol. The molecule has 0 N–H and O–H groups in total. The predicted octanol–water partition coefficient (Wildman–Crippen LogP) is 3.46. The van der Waals surface area contributed by atoms with Crippen molar-refractivity contribution in [3.63, 3.8) is 0 Å². The normalized spacial score (nSPS) is 14.7. The Hall–Kier alpha value is 0.544. The summed E-state index contributed by atoms with van der Waals surface area (Å²) >= 11 is 0. The fraction of sp³-hybridized carbons (Fsp3) is 0.846. The Morgan fingerprint density at radius 2 is 0.880 bits per heavy atom. The van der Waals surface area contributed by atoms with Crippen LogP contribution >= 0.6 is 0 Å². The van der Waals surface area contributed by atoms with Gasteiger partial charge in [0, 0.05) is 21.3 Å². The monoisotopic (exact) mass is 444 g/mol. The third kappa shape index (κ3) is 9.34. The molecule has 0 heterocycles. The predicted molar refractivity (Wildman–Crippen MR) is 111 cm³/mol. The molecule has 0 saturated heterocycles. The summed E-state index contributed by atoms with van der Waals surface area (Å²) in [6.07, 6.45) is 0. The van der Waals surface area contributed by atoms with Crippen molar-refractivity contribution in [2.45, 2.75) is 52.4 Å². The molecule has 0 unspecified atom stereocenters. The Bertz CT molecular complexity index is 430. The summed E-state index contributed by atoms with van der Waals surface area (Å²) in [6, 6.07) is 0. The van der Waals surface area contributed by atoms with E-state index in [9.17, 15) is 0 Å². The molecule has 0 aromatic heterocycles. The standard InChI is InChI=1S/C13H36O7Si5/c1-13-21(5,6)17-22(7,8)18-23(9,10)19-24(11,12)20-25(14-2,15-3)16-4/h13H,1H2,2-12H3. The van der Waals surface area contributed by atoms with Crippen molar-refractivity contribution >= 4 is 43.0 Å². The van der Waals surface area contributed by atoms with Crippen LogP contribution in [0.3, 0.4) is 0 Å². The average molecular weight is 445 g/mol. The lowest BCUT2D eigenvalue weighted by Gasteiger charge is -2.41. The van der Waals surface area contributed by atoms with Crippen molar-refractivity contribution in [3.8, 4) is 0 Å². The van der Waals surface area contributed by atoms with E-state index in [0.29, 0.717) is 0 Å². The van der Waals surface area contributed by atoms with E-state index in [0.717, 1.165) is 0 Å². The van der Waals surface area contributed by atoms with E-state index < -0.39 is 43.0 Å². The van der Waals surface area contributed by atoms with Gasteiger partial charge >= 0.3 is 34.7 Å². The first-order chi connectivity index (χ1) is 11.1. The summed E-state index contributed by atoms with van der Waals surface area (Å²) < 4.78 is 41.1. The first kappa shape index (κ1) is 25.5. The third-order valence-corrected chi connectivity index (χ3v) is 20.5. The van der Waals surface area contributed by atoms with E-state index in [-0.39, 0.29) is 0 Å². The maximum absolute atomic E-state index is 6.38. The summed E-state index contributed by atoms with van der Waals surface area (Å²) in [4.78, 5) is 0. The fourth-order valence-electron chi connectivity index (χ4n) is 2.60. The van der Waals surface area contributed by atoms with Crippen molar-refractivity contribution < 1.29 is 29.7 Å². The molecule has 0 aromatic rings. The van der Waals surface area contributed by atoms with Gasteiger partial charge in [0.2, 0.25) is 0 Å². The van der Waals surface area contributed by atoms with Crippen LogP contribution < -0.4 is 0 Å². The second-order valence-electron chi connectivity index (χ2n) is 7.53. The molecule has 0 rings (SSSR count). The molecule has 12 heteroatoms. The Labute approximate surface area is 158 Å². The molecule has 0 spiro atoms. The van der Waals surface area contributed by atoms with Gasteiger partial charge in [0.05, 0.1) is 0 Å². The third-order valence-electron chi connectivity index (χ3n) is 3.10. The fourth-order valence-corrected chi connectivity index (χ4v) is 23.0. The van der Waals surface area contributed by atoms with Crippen LogP contribution in [0, 0.1) is 0 Å². The molecule has 0 radical (unpaired) electrons. The van der Waals surface area contributed by atoms with Crippen LogP contribution in [-0.4, -0.2) is 64.4 Å². The molecule has 0 atom stereocenters. The van der Waals surface area contributed by atoms with E-state index in [1.807, 2.05) is 45.0 Å². The van der Waals surface area contributed by atoms with Crippen LogP contribution in [0.1, 0.15) is 0 Å². The van der Waals surface area contributed by atoms with E-state index in [1.165, 1.54) is 21.3 Å². The van der Waals surface area contributed by atoms with Gasteiger partial charge in [-0.15, -0.1) is 6.58 Å². The van der Waals surface area contributed by atoms with Gasteiger partial charge in [0.1, 0.15) is 0 Å². The van der Waals surface area contributed by atoms with Crippen molar-refractivity contribution in [1.82, 2.24) is 0 Å². The molecule has 150 valence electrons. The maximum Gasteiger partial charge on any atom is 0.669 e. The minimum atomic E-state index is -3.18. The molecule has 7 nitrogen and oxygen atoms in total. The highest BCUT2D eigenvalue weighted by Crippen LogP contribution is 2.26. The number of hydrogen-bond acceptors (Lipinski definition) is 7. The summed E-state index contributed by atoms with van der Waals surface area (Å²) in [7, 11) is -8.08. The van der Waals surface area contributed by atoms with Gasteiger partial charge in [0.25, 0.3) is 0 Å². The summed E-state index contributed by atoms with van der Waals surface area (Å²) in [5.74, 6) is 0. The second-order valence-corrected chi connectivity index (χ2v) is 25.0. The molecule has 0 fully saturated rings. The molecule has 0 saturated carbocycles. The SMILES string of the molecule is C=C[Si](C)(C)O[Si](C)(C)O[Si](C)(C)O[Si](C)(C)O[Si](OC)(OC)OC. The number of rotatable bonds is 12. The molecular formula is C13H36O7Si5. The van der Waals surface area contributed by atoms with E-state index in [2.05, 4.69) is 19.7 Å². The molecule has 0 aromatic carbocycles. The lowest BCUT2D eigenvalue weighted by Crippen LogP contribution is -2.61. The topological polar surface area (TPSA) is 64.6 Å². The van der Waals surface area contributed by atoms with Crippen LogP contribution in [0.5, 0.6) is 0 Å². The van der Waals surface area contributed by atoms with Crippen molar-refractivity contribution in [1.29, 1.82) is 0 Å². The molecule has 0 aliphatic heterocycles.